The quantitative estimate of drug-likeness (QED) is 0.287. The Morgan fingerprint density at radius 3 is 2.48 bits per heavy atom. The number of benzene rings is 1. The van der Waals surface area contributed by atoms with Crippen molar-refractivity contribution in [2.75, 3.05) is 0 Å². The van der Waals surface area contributed by atoms with E-state index in [2.05, 4.69) is 11.1 Å². The third-order valence-corrected chi connectivity index (χ3v) is 4.04. The molecule has 3 aromatic heterocycles. The van der Waals surface area contributed by atoms with Crippen LogP contribution in [0.2, 0.25) is 0 Å². The Hall–Kier alpha value is -4.58. The van der Waals surface area contributed by atoms with E-state index in [1.807, 2.05) is 0 Å². The Balaban J connectivity index is 1.82. The van der Waals surface area contributed by atoms with Crippen LogP contribution in [-0.2, 0) is 0 Å². The Labute approximate surface area is 162 Å². The summed E-state index contributed by atoms with van der Waals surface area (Å²) in [7, 11) is 0. The van der Waals surface area contributed by atoms with Crippen LogP contribution >= 0.6 is 0 Å². The van der Waals surface area contributed by atoms with Crippen LogP contribution in [0.15, 0.2) is 73.2 Å². The van der Waals surface area contributed by atoms with E-state index < -0.39 is 16.4 Å². The molecule has 1 N–H and O–H groups in total. The van der Waals surface area contributed by atoms with Gasteiger partial charge in [-0.3, -0.25) is 10.1 Å². The zero-order valence-electron chi connectivity index (χ0n) is 14.6. The van der Waals surface area contributed by atoms with Crippen LogP contribution in [0.25, 0.3) is 22.8 Å². The summed E-state index contributed by atoms with van der Waals surface area (Å²) in [6.45, 7) is 0. The number of nitrogens with zero attached hydrogens (tertiary/aromatic N) is 3. The average Bonchev–Trinajstić information content (AvgIpc) is 3.46. The van der Waals surface area contributed by atoms with Gasteiger partial charge in [-0.15, -0.1) is 0 Å². The lowest BCUT2D eigenvalue weighted by Gasteiger charge is -1.97. The van der Waals surface area contributed by atoms with Gasteiger partial charge in [0.1, 0.15) is 17.4 Å². The van der Waals surface area contributed by atoms with Gasteiger partial charge in [0, 0.05) is 12.3 Å². The van der Waals surface area contributed by atoms with Gasteiger partial charge in [-0.1, -0.05) is 0 Å². The van der Waals surface area contributed by atoms with Gasteiger partial charge in [0.15, 0.2) is 17.3 Å². The second-order valence-electron chi connectivity index (χ2n) is 5.82. The molecule has 0 saturated carbocycles. The molecule has 142 valence electrons. The molecule has 0 radical (unpaired) electrons. The molecule has 1 aromatic carbocycles. The zero-order chi connectivity index (χ0) is 20.4. The summed E-state index contributed by atoms with van der Waals surface area (Å²) < 4.78 is 16.6. The largest absolute Gasteiger partial charge is 0.502 e. The number of nitro benzene ring substituents is 1. The minimum absolute atomic E-state index is 0.0129. The molecule has 0 spiro atoms. The Morgan fingerprint density at radius 1 is 1.14 bits per heavy atom. The van der Waals surface area contributed by atoms with Crippen molar-refractivity contribution in [2.45, 2.75) is 0 Å². The smallest absolute Gasteiger partial charge is 0.311 e. The number of aliphatic imine (C=N–C) groups is 1. The predicted molar refractivity (Wildman–Crippen MR) is 101 cm³/mol. The zero-order valence-corrected chi connectivity index (χ0v) is 14.6. The van der Waals surface area contributed by atoms with Crippen molar-refractivity contribution in [1.82, 2.24) is 0 Å². The monoisotopic (exact) mass is 389 g/mol. The highest BCUT2D eigenvalue weighted by Crippen LogP contribution is 2.42. The Kier molecular flexibility index (Phi) is 4.43. The summed E-state index contributed by atoms with van der Waals surface area (Å²) in [4.78, 5) is 14.5. The van der Waals surface area contributed by atoms with E-state index in [0.717, 1.165) is 6.07 Å². The average molecular weight is 389 g/mol. The molecule has 0 aliphatic rings. The minimum Gasteiger partial charge on any atom is -0.502 e. The summed E-state index contributed by atoms with van der Waals surface area (Å²) in [6.07, 6.45) is 4.23. The minimum atomic E-state index is -0.704. The van der Waals surface area contributed by atoms with E-state index in [-0.39, 0.29) is 17.2 Å². The highest BCUT2D eigenvalue weighted by Gasteiger charge is 2.26. The van der Waals surface area contributed by atoms with E-state index in [1.165, 1.54) is 30.9 Å². The summed E-state index contributed by atoms with van der Waals surface area (Å²) in [5.74, 6) is 0.586. The highest BCUT2D eigenvalue weighted by molar-refractivity contribution is 5.88. The summed E-state index contributed by atoms with van der Waals surface area (Å²) in [6, 6.07) is 12.5. The number of hydrogen-bond acceptors (Lipinski definition) is 8. The number of phenols is 1. The van der Waals surface area contributed by atoms with Crippen LogP contribution in [0.3, 0.4) is 0 Å². The first-order chi connectivity index (χ1) is 14.1. The van der Waals surface area contributed by atoms with Gasteiger partial charge in [-0.25, -0.2) is 4.99 Å². The van der Waals surface area contributed by atoms with Crippen molar-refractivity contribution in [3.05, 3.63) is 76.2 Å². The second-order valence-corrected chi connectivity index (χ2v) is 5.82. The molecule has 0 atom stereocenters. The van der Waals surface area contributed by atoms with Crippen LogP contribution in [0.5, 0.6) is 5.75 Å². The fourth-order valence-electron chi connectivity index (χ4n) is 2.75. The van der Waals surface area contributed by atoms with Crippen LogP contribution in [-0.4, -0.2) is 16.2 Å². The lowest BCUT2D eigenvalue weighted by molar-refractivity contribution is -0.385. The van der Waals surface area contributed by atoms with Gasteiger partial charge in [0.25, 0.3) is 0 Å². The number of phenolic OH excluding ortho intramolecular Hbond substituents is 1. The maximum absolute atomic E-state index is 11.0. The number of furan rings is 3. The molecule has 4 rings (SSSR count). The normalized spacial score (nSPS) is 11.0. The number of nitro groups is 1. The van der Waals surface area contributed by atoms with Crippen molar-refractivity contribution >= 4 is 17.8 Å². The van der Waals surface area contributed by atoms with Crippen LogP contribution in [0.4, 0.5) is 11.6 Å². The second kappa shape index (κ2) is 7.21. The fraction of sp³-hybridized carbons (Fsp3) is 0. The van der Waals surface area contributed by atoms with Crippen molar-refractivity contribution in [1.29, 1.82) is 5.26 Å². The third-order valence-electron chi connectivity index (χ3n) is 4.04. The van der Waals surface area contributed by atoms with Crippen molar-refractivity contribution in [3.8, 4) is 34.7 Å². The number of rotatable bonds is 5. The molecule has 0 aliphatic heterocycles. The maximum Gasteiger partial charge on any atom is 0.311 e. The van der Waals surface area contributed by atoms with Crippen LogP contribution in [0, 0.1) is 21.4 Å². The molecule has 4 aromatic rings. The molecule has 0 fully saturated rings. The van der Waals surface area contributed by atoms with Gasteiger partial charge >= 0.3 is 5.69 Å². The van der Waals surface area contributed by atoms with Crippen molar-refractivity contribution < 1.29 is 23.3 Å². The van der Waals surface area contributed by atoms with Gasteiger partial charge in [-0.2, -0.15) is 5.26 Å². The Bertz CT molecular complexity index is 1240. The molecule has 0 bridgehead atoms. The molecule has 0 saturated heterocycles. The third kappa shape index (κ3) is 3.26. The maximum atomic E-state index is 11.0. The van der Waals surface area contributed by atoms with Gasteiger partial charge < -0.3 is 18.4 Å². The van der Waals surface area contributed by atoms with Crippen molar-refractivity contribution in [3.63, 3.8) is 0 Å². The van der Waals surface area contributed by atoms with E-state index in [9.17, 15) is 20.5 Å². The van der Waals surface area contributed by atoms with E-state index in [4.69, 9.17) is 13.3 Å². The van der Waals surface area contributed by atoms with Crippen LogP contribution < -0.4 is 0 Å². The van der Waals surface area contributed by atoms with E-state index in [0.29, 0.717) is 22.6 Å². The molecule has 29 heavy (non-hydrogen) atoms. The first kappa shape index (κ1) is 17.8. The topological polar surface area (TPSA) is 139 Å². The first-order valence-corrected chi connectivity index (χ1v) is 8.24. The molecular weight excluding hydrogens is 378 g/mol. The van der Waals surface area contributed by atoms with Crippen LogP contribution in [0.1, 0.15) is 11.1 Å². The highest BCUT2D eigenvalue weighted by atomic mass is 16.6. The predicted octanol–water partition coefficient (Wildman–Crippen LogP) is 5.04. The standard InChI is InChI=1S/C20H11N3O6/c21-10-13-18(16-3-1-7-27-16)19(17-4-2-8-28-17)29-20(13)22-11-12-5-6-15(24)14(9-12)23(25)26/h1-9,11,24H. The molecular formula is C20H11N3O6. The lowest BCUT2D eigenvalue weighted by atomic mass is 10.1. The summed E-state index contributed by atoms with van der Waals surface area (Å²) in [5, 5.41) is 30.2. The first-order valence-electron chi connectivity index (χ1n) is 8.24. The van der Waals surface area contributed by atoms with Gasteiger partial charge in [-0.05, 0) is 42.0 Å². The van der Waals surface area contributed by atoms with E-state index >= 15 is 0 Å². The van der Waals surface area contributed by atoms with Gasteiger partial charge in [0.2, 0.25) is 5.88 Å². The number of aromatic hydroxyl groups is 1. The fourth-order valence-corrected chi connectivity index (χ4v) is 2.75. The van der Waals surface area contributed by atoms with Crippen molar-refractivity contribution in [2.24, 2.45) is 4.99 Å². The summed E-state index contributed by atoms with van der Waals surface area (Å²) in [5.41, 5.74) is 0.391. The SMILES string of the molecule is N#Cc1c(N=Cc2ccc(O)c([N+](=O)[O-])c2)oc(-c2ccco2)c1-c1ccco1. The molecule has 3 heterocycles. The number of nitriles is 1. The summed E-state index contributed by atoms with van der Waals surface area (Å²) >= 11 is 0. The molecule has 0 aliphatic carbocycles. The number of hydrogen-bond donors (Lipinski definition) is 1. The molecule has 0 amide bonds. The van der Waals surface area contributed by atoms with Gasteiger partial charge in [0.05, 0.1) is 23.0 Å². The molecule has 0 unspecified atom stereocenters. The molecule has 9 heteroatoms. The Morgan fingerprint density at radius 2 is 1.86 bits per heavy atom. The lowest BCUT2D eigenvalue weighted by Crippen LogP contribution is -1.90. The molecule has 9 nitrogen and oxygen atoms in total. The van der Waals surface area contributed by atoms with E-state index in [1.54, 1.807) is 24.3 Å².